The summed E-state index contributed by atoms with van der Waals surface area (Å²) in [7, 11) is 0. The second-order valence-corrected chi connectivity index (χ2v) is 4.99. The molecule has 0 aliphatic rings. The van der Waals surface area contributed by atoms with Gasteiger partial charge in [0, 0.05) is 5.56 Å². The molecule has 2 aromatic rings. The maximum Gasteiger partial charge on any atom is 0.134 e. The fourth-order valence-electron chi connectivity index (χ4n) is 1.83. The van der Waals surface area contributed by atoms with Crippen LogP contribution in [0.1, 0.15) is 26.0 Å². The number of hydrogen-bond donors (Lipinski definition) is 1. The van der Waals surface area contributed by atoms with E-state index in [2.05, 4.69) is 31.3 Å². The third-order valence-corrected chi connectivity index (χ3v) is 2.92. The van der Waals surface area contributed by atoms with Crippen molar-refractivity contribution in [3.63, 3.8) is 0 Å². The number of rotatable bonds is 6. The highest BCUT2D eigenvalue weighted by atomic mass is 16.3. The molecule has 96 valence electrons. The minimum atomic E-state index is 0.744. The van der Waals surface area contributed by atoms with Gasteiger partial charge in [0.05, 0.1) is 6.54 Å². The lowest BCUT2D eigenvalue weighted by atomic mass is 10.1. The first-order valence-electron chi connectivity index (χ1n) is 6.60. The molecule has 18 heavy (non-hydrogen) atoms. The number of nitrogens with one attached hydrogen (secondary N) is 1. The third kappa shape index (κ3) is 3.74. The molecule has 0 saturated carbocycles. The van der Waals surface area contributed by atoms with Crippen LogP contribution < -0.4 is 5.32 Å². The SMILES string of the molecule is CC(C)CCNCc1ccc(-c2ccccc2)o1. The molecule has 1 aromatic heterocycles. The largest absolute Gasteiger partial charge is 0.460 e. The van der Waals surface area contributed by atoms with Crippen molar-refractivity contribution >= 4 is 0 Å². The molecule has 2 heteroatoms. The molecule has 0 saturated heterocycles. The van der Waals surface area contributed by atoms with Crippen molar-refractivity contribution in [2.24, 2.45) is 5.92 Å². The summed E-state index contributed by atoms with van der Waals surface area (Å²) in [5, 5.41) is 3.40. The Labute approximate surface area is 109 Å². The molecule has 0 unspecified atom stereocenters. The van der Waals surface area contributed by atoms with Crippen LogP contribution in [0.4, 0.5) is 0 Å². The van der Waals surface area contributed by atoms with Gasteiger partial charge in [-0.3, -0.25) is 0 Å². The molecule has 0 spiro atoms. The standard InChI is InChI=1S/C16H21NO/c1-13(2)10-11-17-12-15-8-9-16(18-15)14-6-4-3-5-7-14/h3-9,13,17H,10-12H2,1-2H3. The quantitative estimate of drug-likeness (QED) is 0.773. The van der Waals surface area contributed by atoms with E-state index in [1.807, 2.05) is 30.3 Å². The molecule has 0 atom stereocenters. The van der Waals surface area contributed by atoms with Crippen molar-refractivity contribution in [1.29, 1.82) is 0 Å². The first kappa shape index (κ1) is 12.9. The van der Waals surface area contributed by atoms with E-state index in [0.29, 0.717) is 0 Å². The van der Waals surface area contributed by atoms with Gasteiger partial charge >= 0.3 is 0 Å². The maximum atomic E-state index is 5.81. The average molecular weight is 243 g/mol. The fourth-order valence-corrected chi connectivity index (χ4v) is 1.83. The fraction of sp³-hybridized carbons (Fsp3) is 0.375. The van der Waals surface area contributed by atoms with Gasteiger partial charge in [0.2, 0.25) is 0 Å². The zero-order valence-electron chi connectivity index (χ0n) is 11.1. The lowest BCUT2D eigenvalue weighted by Crippen LogP contribution is -2.15. The molecule has 0 aliphatic carbocycles. The zero-order chi connectivity index (χ0) is 12.8. The van der Waals surface area contributed by atoms with Crippen molar-refractivity contribution in [3.05, 3.63) is 48.2 Å². The van der Waals surface area contributed by atoms with Crippen LogP contribution in [0.25, 0.3) is 11.3 Å². The Kier molecular flexibility index (Phi) is 4.59. The topological polar surface area (TPSA) is 25.2 Å². The summed E-state index contributed by atoms with van der Waals surface area (Å²) in [4.78, 5) is 0. The van der Waals surface area contributed by atoms with Crippen LogP contribution in [0, 0.1) is 5.92 Å². The van der Waals surface area contributed by atoms with E-state index in [0.717, 1.165) is 36.1 Å². The summed E-state index contributed by atoms with van der Waals surface area (Å²) in [5.74, 6) is 2.68. The Hall–Kier alpha value is -1.54. The molecule has 0 radical (unpaired) electrons. The zero-order valence-corrected chi connectivity index (χ0v) is 11.1. The summed E-state index contributed by atoms with van der Waals surface area (Å²) in [6.07, 6.45) is 1.20. The smallest absolute Gasteiger partial charge is 0.134 e. The molecule has 1 heterocycles. The highest BCUT2D eigenvalue weighted by Gasteiger charge is 2.03. The highest BCUT2D eigenvalue weighted by molar-refractivity contribution is 5.57. The molecule has 1 N–H and O–H groups in total. The van der Waals surface area contributed by atoms with E-state index in [-0.39, 0.29) is 0 Å². The van der Waals surface area contributed by atoms with E-state index in [1.165, 1.54) is 6.42 Å². The van der Waals surface area contributed by atoms with Gasteiger partial charge in [-0.25, -0.2) is 0 Å². The highest BCUT2D eigenvalue weighted by Crippen LogP contribution is 2.21. The Morgan fingerprint density at radius 3 is 2.56 bits per heavy atom. The summed E-state index contributed by atoms with van der Waals surface area (Å²) >= 11 is 0. The van der Waals surface area contributed by atoms with Crippen LogP contribution in [-0.2, 0) is 6.54 Å². The average Bonchev–Trinajstić information content (AvgIpc) is 2.84. The summed E-state index contributed by atoms with van der Waals surface area (Å²) in [6, 6.07) is 14.3. The van der Waals surface area contributed by atoms with Crippen LogP contribution in [-0.4, -0.2) is 6.54 Å². The van der Waals surface area contributed by atoms with Crippen LogP contribution in [0.3, 0.4) is 0 Å². The Morgan fingerprint density at radius 1 is 1.06 bits per heavy atom. The molecular formula is C16H21NO. The van der Waals surface area contributed by atoms with Gasteiger partial charge in [-0.15, -0.1) is 0 Å². The van der Waals surface area contributed by atoms with Crippen LogP contribution >= 0.6 is 0 Å². The monoisotopic (exact) mass is 243 g/mol. The molecule has 2 rings (SSSR count). The number of furan rings is 1. The Bertz CT molecular complexity index is 459. The molecular weight excluding hydrogens is 222 g/mol. The maximum absolute atomic E-state index is 5.81. The van der Waals surface area contributed by atoms with E-state index in [1.54, 1.807) is 0 Å². The molecule has 2 nitrogen and oxygen atoms in total. The van der Waals surface area contributed by atoms with Crippen LogP contribution in [0.2, 0.25) is 0 Å². The first-order valence-corrected chi connectivity index (χ1v) is 6.60. The van der Waals surface area contributed by atoms with Gasteiger partial charge in [0.15, 0.2) is 0 Å². The molecule has 0 amide bonds. The molecule has 0 aliphatic heterocycles. The van der Waals surface area contributed by atoms with Crippen molar-refractivity contribution in [2.45, 2.75) is 26.8 Å². The third-order valence-electron chi connectivity index (χ3n) is 2.92. The number of benzene rings is 1. The molecule has 0 fully saturated rings. The van der Waals surface area contributed by atoms with Gasteiger partial charge in [0.25, 0.3) is 0 Å². The minimum absolute atomic E-state index is 0.744. The van der Waals surface area contributed by atoms with Crippen molar-refractivity contribution in [1.82, 2.24) is 5.32 Å². The van der Waals surface area contributed by atoms with Gasteiger partial charge in [-0.1, -0.05) is 44.2 Å². The van der Waals surface area contributed by atoms with E-state index in [4.69, 9.17) is 4.42 Å². The first-order chi connectivity index (χ1) is 8.75. The van der Waals surface area contributed by atoms with E-state index in [9.17, 15) is 0 Å². The minimum Gasteiger partial charge on any atom is -0.460 e. The van der Waals surface area contributed by atoms with E-state index >= 15 is 0 Å². The van der Waals surface area contributed by atoms with Crippen molar-refractivity contribution in [3.8, 4) is 11.3 Å². The van der Waals surface area contributed by atoms with Gasteiger partial charge < -0.3 is 9.73 Å². The summed E-state index contributed by atoms with van der Waals surface area (Å²) in [6.45, 7) is 6.32. The summed E-state index contributed by atoms with van der Waals surface area (Å²) in [5.41, 5.74) is 1.13. The van der Waals surface area contributed by atoms with Gasteiger partial charge in [-0.05, 0) is 31.0 Å². The lowest BCUT2D eigenvalue weighted by molar-refractivity contribution is 0.474. The second-order valence-electron chi connectivity index (χ2n) is 4.99. The van der Waals surface area contributed by atoms with Crippen molar-refractivity contribution in [2.75, 3.05) is 6.54 Å². The predicted octanol–water partition coefficient (Wildman–Crippen LogP) is 4.08. The predicted molar refractivity (Wildman–Crippen MR) is 75.3 cm³/mol. The number of hydrogen-bond acceptors (Lipinski definition) is 2. The Morgan fingerprint density at radius 2 is 1.83 bits per heavy atom. The molecule has 0 bridgehead atoms. The molecule has 1 aromatic carbocycles. The van der Waals surface area contributed by atoms with E-state index < -0.39 is 0 Å². The lowest BCUT2D eigenvalue weighted by Gasteiger charge is -2.05. The second kappa shape index (κ2) is 6.41. The normalized spacial score (nSPS) is 11.1. The van der Waals surface area contributed by atoms with Gasteiger partial charge in [-0.2, -0.15) is 0 Å². The van der Waals surface area contributed by atoms with Crippen molar-refractivity contribution < 1.29 is 4.42 Å². The Balaban J connectivity index is 1.87. The summed E-state index contributed by atoms with van der Waals surface area (Å²) < 4.78 is 5.81. The van der Waals surface area contributed by atoms with Crippen LogP contribution in [0.15, 0.2) is 46.9 Å². The van der Waals surface area contributed by atoms with Crippen LogP contribution in [0.5, 0.6) is 0 Å². The van der Waals surface area contributed by atoms with Gasteiger partial charge in [0.1, 0.15) is 11.5 Å².